The lowest BCUT2D eigenvalue weighted by Crippen LogP contribution is -2.38. The molecule has 0 bridgehead atoms. The van der Waals surface area contributed by atoms with Gasteiger partial charge in [-0.1, -0.05) is 37.6 Å². The fraction of sp³-hybridized carbons (Fsp3) is 0.346. The number of aromatic nitrogens is 1. The number of carbonyl (C=O) groups is 1. The van der Waals surface area contributed by atoms with E-state index in [1.54, 1.807) is 6.20 Å². The van der Waals surface area contributed by atoms with Crippen molar-refractivity contribution in [2.45, 2.75) is 39.5 Å². The van der Waals surface area contributed by atoms with E-state index in [4.69, 9.17) is 0 Å². The number of amides is 1. The minimum atomic E-state index is -0.0265. The number of rotatable bonds is 4. The molecule has 0 atom stereocenters. The Morgan fingerprint density at radius 1 is 1.16 bits per heavy atom. The first-order chi connectivity index (χ1) is 15.0. The van der Waals surface area contributed by atoms with Crippen LogP contribution in [0.4, 0.5) is 11.4 Å². The van der Waals surface area contributed by atoms with Gasteiger partial charge in [0.05, 0.1) is 16.8 Å². The highest BCUT2D eigenvalue weighted by molar-refractivity contribution is 5.95. The van der Waals surface area contributed by atoms with Crippen LogP contribution < -0.4 is 10.2 Å². The van der Waals surface area contributed by atoms with Gasteiger partial charge in [-0.3, -0.25) is 9.78 Å². The summed E-state index contributed by atoms with van der Waals surface area (Å²) in [5.41, 5.74) is 5.68. The minimum Gasteiger partial charge on any atom is -0.370 e. The van der Waals surface area contributed by atoms with Crippen molar-refractivity contribution in [3.8, 4) is 6.07 Å². The molecule has 1 aromatic heterocycles. The summed E-state index contributed by atoms with van der Waals surface area (Å²) in [5, 5.41) is 13.7. The second-order valence-corrected chi connectivity index (χ2v) is 8.68. The van der Waals surface area contributed by atoms with Gasteiger partial charge in [0.25, 0.3) is 0 Å². The van der Waals surface area contributed by atoms with Gasteiger partial charge in [-0.05, 0) is 55.5 Å². The van der Waals surface area contributed by atoms with Crippen LogP contribution in [0.2, 0.25) is 0 Å². The van der Waals surface area contributed by atoms with Crippen LogP contribution in [0.5, 0.6) is 0 Å². The maximum absolute atomic E-state index is 12.8. The Bertz CT molecular complexity index is 1140. The van der Waals surface area contributed by atoms with Crippen LogP contribution in [0.15, 0.2) is 48.7 Å². The lowest BCUT2D eigenvalue weighted by Gasteiger charge is -2.34. The smallest absolute Gasteiger partial charge is 0.227 e. The SMILES string of the molecule is Cc1ccc2ncc(C#N)c(N3CCC(C(=O)Nc4ccc(C(C)C)cc4)CC3)c2c1. The Balaban J connectivity index is 1.47. The van der Waals surface area contributed by atoms with E-state index >= 15 is 0 Å². The summed E-state index contributed by atoms with van der Waals surface area (Å²) in [6.45, 7) is 7.85. The Morgan fingerprint density at radius 3 is 2.52 bits per heavy atom. The van der Waals surface area contributed by atoms with Crippen molar-refractivity contribution in [1.82, 2.24) is 4.98 Å². The molecule has 4 rings (SSSR count). The molecule has 5 nitrogen and oxygen atoms in total. The zero-order valence-electron chi connectivity index (χ0n) is 18.4. The van der Waals surface area contributed by atoms with Gasteiger partial charge in [0, 0.05) is 36.3 Å². The van der Waals surface area contributed by atoms with Gasteiger partial charge in [-0.15, -0.1) is 0 Å². The monoisotopic (exact) mass is 412 g/mol. The standard InChI is InChI=1S/C26H28N4O/c1-17(2)19-5-7-22(8-6-19)29-26(31)20-10-12-30(13-11-20)25-21(15-27)16-28-24-9-4-18(3)14-23(24)25/h4-9,14,16-17,20H,10-13H2,1-3H3,(H,29,31). The molecule has 1 aliphatic heterocycles. The molecule has 2 heterocycles. The van der Waals surface area contributed by atoms with E-state index in [1.165, 1.54) is 5.56 Å². The van der Waals surface area contributed by atoms with Crippen molar-refractivity contribution in [3.05, 3.63) is 65.4 Å². The normalized spacial score (nSPS) is 14.6. The highest BCUT2D eigenvalue weighted by Gasteiger charge is 2.27. The molecule has 0 aliphatic carbocycles. The number of pyridine rings is 1. The van der Waals surface area contributed by atoms with E-state index in [1.807, 2.05) is 31.2 Å². The molecular weight excluding hydrogens is 384 g/mol. The predicted molar refractivity (Wildman–Crippen MR) is 125 cm³/mol. The number of carbonyl (C=O) groups excluding carboxylic acids is 1. The van der Waals surface area contributed by atoms with Crippen LogP contribution >= 0.6 is 0 Å². The van der Waals surface area contributed by atoms with E-state index in [0.717, 1.165) is 53.8 Å². The molecule has 0 spiro atoms. The molecule has 1 N–H and O–H groups in total. The lowest BCUT2D eigenvalue weighted by atomic mass is 9.94. The van der Waals surface area contributed by atoms with E-state index < -0.39 is 0 Å². The molecule has 2 aromatic carbocycles. The van der Waals surface area contributed by atoms with Crippen LogP contribution in [-0.4, -0.2) is 24.0 Å². The number of piperidine rings is 1. The molecule has 158 valence electrons. The number of nitrogens with one attached hydrogen (secondary N) is 1. The van der Waals surface area contributed by atoms with Gasteiger partial charge in [-0.25, -0.2) is 0 Å². The van der Waals surface area contributed by atoms with Crippen LogP contribution in [0.1, 0.15) is 49.3 Å². The van der Waals surface area contributed by atoms with E-state index in [0.29, 0.717) is 11.5 Å². The van der Waals surface area contributed by atoms with Crippen LogP contribution in [-0.2, 0) is 4.79 Å². The Labute approximate surface area is 183 Å². The molecular formula is C26H28N4O. The second kappa shape index (κ2) is 8.77. The van der Waals surface area contributed by atoms with E-state index in [2.05, 4.69) is 53.3 Å². The summed E-state index contributed by atoms with van der Waals surface area (Å²) in [6.07, 6.45) is 3.18. The van der Waals surface area contributed by atoms with Crippen molar-refractivity contribution < 1.29 is 4.79 Å². The quantitative estimate of drug-likeness (QED) is 0.623. The molecule has 5 heteroatoms. The third-order valence-electron chi connectivity index (χ3n) is 6.14. The third-order valence-corrected chi connectivity index (χ3v) is 6.14. The Hall–Kier alpha value is -3.39. The van der Waals surface area contributed by atoms with Gasteiger partial charge < -0.3 is 10.2 Å². The molecule has 0 unspecified atom stereocenters. The van der Waals surface area contributed by atoms with Gasteiger partial charge in [0.15, 0.2) is 0 Å². The summed E-state index contributed by atoms with van der Waals surface area (Å²) in [4.78, 5) is 19.5. The predicted octanol–water partition coefficient (Wildman–Crippen LogP) is 5.39. The summed E-state index contributed by atoms with van der Waals surface area (Å²) in [6, 6.07) is 16.5. The fourth-order valence-electron chi connectivity index (χ4n) is 4.28. The molecule has 31 heavy (non-hydrogen) atoms. The Kier molecular flexibility index (Phi) is 5.90. The first kappa shape index (κ1) is 20.9. The number of anilines is 2. The number of hydrogen-bond donors (Lipinski definition) is 1. The molecule has 1 amide bonds. The maximum Gasteiger partial charge on any atom is 0.227 e. The number of benzene rings is 2. The molecule has 1 aliphatic rings. The number of fused-ring (bicyclic) bond motifs is 1. The van der Waals surface area contributed by atoms with Crippen LogP contribution in [0, 0.1) is 24.2 Å². The largest absolute Gasteiger partial charge is 0.370 e. The lowest BCUT2D eigenvalue weighted by molar-refractivity contribution is -0.120. The summed E-state index contributed by atoms with van der Waals surface area (Å²) < 4.78 is 0. The third kappa shape index (κ3) is 4.39. The molecule has 1 saturated heterocycles. The van der Waals surface area contributed by atoms with Crippen molar-refractivity contribution >= 4 is 28.2 Å². The van der Waals surface area contributed by atoms with Crippen molar-refractivity contribution in [2.75, 3.05) is 23.3 Å². The average Bonchev–Trinajstić information content (AvgIpc) is 2.78. The summed E-state index contributed by atoms with van der Waals surface area (Å²) >= 11 is 0. The van der Waals surface area contributed by atoms with Gasteiger partial charge >= 0.3 is 0 Å². The zero-order chi connectivity index (χ0) is 22.0. The van der Waals surface area contributed by atoms with Crippen molar-refractivity contribution in [2.24, 2.45) is 5.92 Å². The van der Waals surface area contributed by atoms with Crippen molar-refractivity contribution in [1.29, 1.82) is 5.26 Å². The van der Waals surface area contributed by atoms with Gasteiger partial charge in [-0.2, -0.15) is 5.26 Å². The maximum atomic E-state index is 12.8. The average molecular weight is 413 g/mol. The summed E-state index contributed by atoms with van der Waals surface area (Å²) in [7, 11) is 0. The topological polar surface area (TPSA) is 69.0 Å². The van der Waals surface area contributed by atoms with Crippen molar-refractivity contribution in [3.63, 3.8) is 0 Å². The van der Waals surface area contributed by atoms with E-state index in [-0.39, 0.29) is 11.8 Å². The van der Waals surface area contributed by atoms with Gasteiger partial charge in [0.1, 0.15) is 6.07 Å². The number of nitrogens with zero attached hydrogens (tertiary/aromatic N) is 3. The second-order valence-electron chi connectivity index (χ2n) is 8.68. The number of nitriles is 1. The Morgan fingerprint density at radius 2 is 1.87 bits per heavy atom. The fourth-order valence-corrected chi connectivity index (χ4v) is 4.28. The first-order valence-corrected chi connectivity index (χ1v) is 10.9. The first-order valence-electron chi connectivity index (χ1n) is 10.9. The van der Waals surface area contributed by atoms with E-state index in [9.17, 15) is 10.1 Å². The van der Waals surface area contributed by atoms with Gasteiger partial charge in [0.2, 0.25) is 5.91 Å². The highest BCUT2D eigenvalue weighted by atomic mass is 16.1. The van der Waals surface area contributed by atoms with Crippen LogP contribution in [0.25, 0.3) is 10.9 Å². The molecule has 0 radical (unpaired) electrons. The number of hydrogen-bond acceptors (Lipinski definition) is 4. The van der Waals surface area contributed by atoms with Crippen LogP contribution in [0.3, 0.4) is 0 Å². The summed E-state index contributed by atoms with van der Waals surface area (Å²) in [5.74, 6) is 0.523. The molecule has 3 aromatic rings. The molecule has 1 fully saturated rings. The minimum absolute atomic E-state index is 0.0265. The number of aryl methyl sites for hydroxylation is 1. The zero-order valence-corrected chi connectivity index (χ0v) is 18.4. The molecule has 0 saturated carbocycles. The highest BCUT2D eigenvalue weighted by Crippen LogP contribution is 2.33.